The van der Waals surface area contributed by atoms with E-state index in [1.54, 1.807) is 27.7 Å². The first kappa shape index (κ1) is 27.6. The van der Waals surface area contributed by atoms with Crippen LogP contribution in [-0.2, 0) is 42.6 Å². The van der Waals surface area contributed by atoms with Gasteiger partial charge in [-0.2, -0.15) is 0 Å². The van der Waals surface area contributed by atoms with Gasteiger partial charge in [0, 0.05) is 40.3 Å². The Morgan fingerprint density at radius 2 is 0.931 bits per heavy atom. The topological polar surface area (TPSA) is 83.1 Å². The highest BCUT2D eigenvalue weighted by Gasteiger charge is 2.31. The van der Waals surface area contributed by atoms with Crippen LogP contribution in [0.15, 0.2) is 25.0 Å². The summed E-state index contributed by atoms with van der Waals surface area (Å²) in [5, 5.41) is 0. The molecule has 0 spiro atoms. The molecule has 2 atom stereocenters. The van der Waals surface area contributed by atoms with Gasteiger partial charge in [0.15, 0.2) is 0 Å². The van der Waals surface area contributed by atoms with E-state index in [2.05, 4.69) is 13.2 Å². The molecule has 0 aliphatic rings. The van der Waals surface area contributed by atoms with Crippen molar-refractivity contribution < 1.29 is 42.6 Å². The van der Waals surface area contributed by atoms with E-state index in [1.807, 2.05) is 27.7 Å². The fourth-order valence-electron chi connectivity index (χ4n) is 2.46. The SMILES string of the molecule is C=C(OC(=C)OC(C)OC(C)(OCC)OCC)OC(C)OC(C)(OCC)OCC. The maximum Gasteiger partial charge on any atom is 0.282 e. The summed E-state index contributed by atoms with van der Waals surface area (Å²) in [6, 6.07) is 0. The van der Waals surface area contributed by atoms with E-state index in [1.165, 1.54) is 0 Å². The van der Waals surface area contributed by atoms with Crippen molar-refractivity contribution >= 4 is 0 Å². The second-order valence-electron chi connectivity index (χ2n) is 5.91. The van der Waals surface area contributed by atoms with Crippen molar-refractivity contribution in [2.24, 2.45) is 0 Å². The molecule has 0 aliphatic carbocycles. The molecule has 0 aliphatic heterocycles. The van der Waals surface area contributed by atoms with Crippen LogP contribution in [0.2, 0.25) is 0 Å². The van der Waals surface area contributed by atoms with E-state index < -0.39 is 24.5 Å². The van der Waals surface area contributed by atoms with Gasteiger partial charge in [0.2, 0.25) is 12.6 Å². The number of hydrogen-bond acceptors (Lipinski definition) is 9. The van der Waals surface area contributed by atoms with Gasteiger partial charge in [-0.3, -0.25) is 9.47 Å². The molecule has 9 nitrogen and oxygen atoms in total. The highest BCUT2D eigenvalue weighted by atomic mass is 16.9. The highest BCUT2D eigenvalue weighted by Crippen LogP contribution is 2.21. The zero-order valence-corrected chi connectivity index (χ0v) is 19.1. The van der Waals surface area contributed by atoms with Crippen LogP contribution in [0.5, 0.6) is 0 Å². The summed E-state index contributed by atoms with van der Waals surface area (Å²) in [6.45, 7) is 22.9. The van der Waals surface area contributed by atoms with Gasteiger partial charge >= 0.3 is 0 Å². The first-order chi connectivity index (χ1) is 13.5. The number of rotatable bonds is 18. The molecule has 29 heavy (non-hydrogen) atoms. The van der Waals surface area contributed by atoms with Crippen molar-refractivity contribution in [1.29, 1.82) is 0 Å². The molecule has 0 fully saturated rings. The average Bonchev–Trinajstić information content (AvgIpc) is 2.53. The molecule has 2 unspecified atom stereocenters. The van der Waals surface area contributed by atoms with Gasteiger partial charge in [0.25, 0.3) is 23.8 Å². The molecule has 0 aromatic rings. The van der Waals surface area contributed by atoms with E-state index in [4.69, 9.17) is 42.6 Å². The highest BCUT2D eigenvalue weighted by molar-refractivity contribution is 4.80. The van der Waals surface area contributed by atoms with Gasteiger partial charge in [-0.05, 0) is 54.7 Å². The Labute approximate surface area is 174 Å². The summed E-state index contributed by atoms with van der Waals surface area (Å²) in [4.78, 5) is 0. The van der Waals surface area contributed by atoms with Crippen molar-refractivity contribution in [1.82, 2.24) is 0 Å². The van der Waals surface area contributed by atoms with E-state index in [0.717, 1.165) is 0 Å². The normalized spacial score (nSPS) is 14.2. The fraction of sp³-hybridized carbons (Fsp3) is 0.800. The van der Waals surface area contributed by atoms with Gasteiger partial charge in [-0.1, -0.05) is 0 Å². The van der Waals surface area contributed by atoms with E-state index in [9.17, 15) is 0 Å². The summed E-state index contributed by atoms with van der Waals surface area (Å²) >= 11 is 0. The van der Waals surface area contributed by atoms with E-state index >= 15 is 0 Å². The van der Waals surface area contributed by atoms with Gasteiger partial charge in [0.05, 0.1) is 0 Å². The van der Waals surface area contributed by atoms with E-state index in [0.29, 0.717) is 26.4 Å². The quantitative estimate of drug-likeness (QED) is 0.238. The van der Waals surface area contributed by atoms with Crippen molar-refractivity contribution in [3.05, 3.63) is 25.0 Å². The minimum atomic E-state index is -1.25. The van der Waals surface area contributed by atoms with Gasteiger partial charge in [0.1, 0.15) is 0 Å². The molecule has 0 heterocycles. The number of ether oxygens (including phenoxy) is 9. The average molecular weight is 423 g/mol. The van der Waals surface area contributed by atoms with Crippen LogP contribution in [-0.4, -0.2) is 51.0 Å². The number of hydrogen-bond donors (Lipinski definition) is 0. The van der Waals surface area contributed by atoms with Crippen molar-refractivity contribution in [3.8, 4) is 0 Å². The third-order valence-corrected chi connectivity index (χ3v) is 3.21. The second kappa shape index (κ2) is 13.8. The maximum absolute atomic E-state index is 5.64. The summed E-state index contributed by atoms with van der Waals surface area (Å²) in [5.41, 5.74) is 0. The third-order valence-electron chi connectivity index (χ3n) is 3.21. The Balaban J connectivity index is 4.53. The van der Waals surface area contributed by atoms with Crippen LogP contribution in [0.25, 0.3) is 0 Å². The minimum absolute atomic E-state index is 0.0811. The molecular formula is C20H38O9. The predicted molar refractivity (Wildman–Crippen MR) is 106 cm³/mol. The molecule has 0 radical (unpaired) electrons. The van der Waals surface area contributed by atoms with Crippen molar-refractivity contribution in [2.45, 2.75) is 79.9 Å². The van der Waals surface area contributed by atoms with Crippen LogP contribution < -0.4 is 0 Å². The zero-order chi connectivity index (χ0) is 22.5. The van der Waals surface area contributed by atoms with Gasteiger partial charge in [-0.25, -0.2) is 0 Å². The van der Waals surface area contributed by atoms with Crippen LogP contribution >= 0.6 is 0 Å². The molecule has 0 N–H and O–H groups in total. The molecule has 0 saturated heterocycles. The maximum atomic E-state index is 5.64. The molecule has 0 saturated carbocycles. The van der Waals surface area contributed by atoms with Crippen molar-refractivity contribution in [2.75, 3.05) is 26.4 Å². The lowest BCUT2D eigenvalue weighted by atomic mass is 10.6. The van der Waals surface area contributed by atoms with Crippen molar-refractivity contribution in [3.63, 3.8) is 0 Å². The predicted octanol–water partition coefficient (Wildman–Crippen LogP) is 4.20. The third kappa shape index (κ3) is 12.0. The molecule has 172 valence electrons. The van der Waals surface area contributed by atoms with Gasteiger partial charge < -0.3 is 33.2 Å². The Morgan fingerprint density at radius 1 is 0.655 bits per heavy atom. The summed E-state index contributed by atoms with van der Waals surface area (Å²) in [5.74, 6) is -2.66. The second-order valence-corrected chi connectivity index (χ2v) is 5.91. The molecule has 0 rings (SSSR count). The Hall–Kier alpha value is -1.36. The summed E-state index contributed by atoms with van der Waals surface area (Å²) in [7, 11) is 0. The standard InChI is InChI=1S/C20H38O9/c1-11-21-19(9,22-12-2)28-17(7)26-15(5)25-16(6)27-18(8)29-20(10,23-13-3)24-14-4/h17-18H,5-6,11-14H2,1-4,7-10H3. The molecule has 0 aromatic carbocycles. The lowest BCUT2D eigenvalue weighted by molar-refractivity contribution is -0.406. The van der Waals surface area contributed by atoms with Crippen LogP contribution in [0.3, 0.4) is 0 Å². The fourth-order valence-corrected chi connectivity index (χ4v) is 2.46. The largest absolute Gasteiger partial charge is 0.436 e. The lowest BCUT2D eigenvalue weighted by Gasteiger charge is -2.32. The van der Waals surface area contributed by atoms with Crippen LogP contribution in [0.1, 0.15) is 55.4 Å². The first-order valence-corrected chi connectivity index (χ1v) is 9.83. The molecule has 0 amide bonds. The molecular weight excluding hydrogens is 384 g/mol. The van der Waals surface area contributed by atoms with Gasteiger partial charge in [-0.15, -0.1) is 0 Å². The van der Waals surface area contributed by atoms with Crippen LogP contribution in [0.4, 0.5) is 0 Å². The molecule has 9 heteroatoms. The summed E-state index contributed by atoms with van der Waals surface area (Å²) < 4.78 is 49.3. The van der Waals surface area contributed by atoms with E-state index in [-0.39, 0.29) is 11.9 Å². The summed E-state index contributed by atoms with van der Waals surface area (Å²) in [6.07, 6.45) is -1.54. The Kier molecular flexibility index (Phi) is 13.1. The zero-order valence-electron chi connectivity index (χ0n) is 19.1. The molecule has 0 aromatic heterocycles. The lowest BCUT2D eigenvalue weighted by Crippen LogP contribution is -2.40. The first-order valence-electron chi connectivity index (χ1n) is 9.83. The Bertz CT molecular complexity index is 427. The minimum Gasteiger partial charge on any atom is -0.436 e. The monoisotopic (exact) mass is 422 g/mol. The Morgan fingerprint density at radius 3 is 1.17 bits per heavy atom. The van der Waals surface area contributed by atoms with Crippen LogP contribution in [0, 0.1) is 0 Å². The molecule has 0 bridgehead atoms. The smallest absolute Gasteiger partial charge is 0.282 e.